The molecule has 0 spiro atoms. The van der Waals surface area contributed by atoms with E-state index in [-0.39, 0.29) is 12.3 Å². The van der Waals surface area contributed by atoms with Crippen LogP contribution < -0.4 is 4.74 Å². The molecule has 0 unspecified atom stereocenters. The van der Waals surface area contributed by atoms with E-state index in [1.807, 2.05) is 25.1 Å². The van der Waals surface area contributed by atoms with Gasteiger partial charge in [-0.25, -0.2) is 0 Å². The molecule has 20 heavy (non-hydrogen) atoms. The molecular weight excluding hydrogens is 258 g/mol. The number of rotatable bonds is 7. The van der Waals surface area contributed by atoms with Crippen molar-refractivity contribution in [3.8, 4) is 5.75 Å². The average molecular weight is 279 g/mol. The maximum Gasteiger partial charge on any atom is 0.303 e. The van der Waals surface area contributed by atoms with Gasteiger partial charge in [0.25, 0.3) is 0 Å². The van der Waals surface area contributed by atoms with Gasteiger partial charge in [0.15, 0.2) is 0 Å². The highest BCUT2D eigenvalue weighted by Gasteiger charge is 2.11. The molecule has 1 amide bonds. The van der Waals surface area contributed by atoms with Gasteiger partial charge in [0, 0.05) is 20.0 Å². The van der Waals surface area contributed by atoms with Crippen LogP contribution in [-0.4, -0.2) is 42.6 Å². The molecule has 0 saturated carbocycles. The summed E-state index contributed by atoms with van der Waals surface area (Å²) < 4.78 is 5.23. The smallest absolute Gasteiger partial charge is 0.303 e. The molecule has 0 aliphatic carbocycles. The lowest BCUT2D eigenvalue weighted by Gasteiger charge is -2.17. The van der Waals surface area contributed by atoms with E-state index in [1.54, 1.807) is 19.1 Å². The SMILES string of the molecule is COc1cc(CC(=O)N(C)CCCC(=O)O)ccc1C. The van der Waals surface area contributed by atoms with Crippen molar-refractivity contribution in [1.29, 1.82) is 0 Å². The standard InChI is InChI=1S/C15H21NO4/c1-11-6-7-12(9-13(11)20-3)10-14(17)16(2)8-4-5-15(18)19/h6-7,9H,4-5,8,10H2,1-3H3,(H,18,19). The van der Waals surface area contributed by atoms with Gasteiger partial charge in [-0.15, -0.1) is 0 Å². The molecular formula is C15H21NO4. The van der Waals surface area contributed by atoms with Crippen LogP contribution in [0.5, 0.6) is 5.75 Å². The summed E-state index contributed by atoms with van der Waals surface area (Å²) in [5, 5.41) is 8.57. The maximum absolute atomic E-state index is 12.0. The first-order chi connectivity index (χ1) is 9.43. The fraction of sp³-hybridized carbons (Fsp3) is 0.467. The molecule has 0 aliphatic rings. The Morgan fingerprint density at radius 1 is 1.35 bits per heavy atom. The minimum atomic E-state index is -0.839. The first-order valence-corrected chi connectivity index (χ1v) is 6.53. The van der Waals surface area contributed by atoms with Crippen LogP contribution in [0.15, 0.2) is 18.2 Å². The Kier molecular flexibility index (Phi) is 6.03. The third kappa shape index (κ3) is 4.91. The van der Waals surface area contributed by atoms with Gasteiger partial charge in [0.2, 0.25) is 5.91 Å². The zero-order valence-corrected chi connectivity index (χ0v) is 12.2. The normalized spacial score (nSPS) is 10.2. The molecule has 0 bridgehead atoms. The number of benzene rings is 1. The Balaban J connectivity index is 2.54. The number of amides is 1. The minimum absolute atomic E-state index is 0.0266. The predicted octanol–water partition coefficient (Wildman–Crippen LogP) is 1.87. The highest BCUT2D eigenvalue weighted by molar-refractivity contribution is 5.78. The van der Waals surface area contributed by atoms with Crippen molar-refractivity contribution in [2.75, 3.05) is 20.7 Å². The predicted molar refractivity (Wildman–Crippen MR) is 75.9 cm³/mol. The average Bonchev–Trinajstić information content (AvgIpc) is 2.40. The van der Waals surface area contributed by atoms with Crippen LogP contribution in [0, 0.1) is 6.92 Å². The van der Waals surface area contributed by atoms with Crippen LogP contribution in [0.1, 0.15) is 24.0 Å². The van der Waals surface area contributed by atoms with Crippen LogP contribution in [0.4, 0.5) is 0 Å². The highest BCUT2D eigenvalue weighted by Crippen LogP contribution is 2.19. The van der Waals surface area contributed by atoms with Crippen molar-refractivity contribution in [2.24, 2.45) is 0 Å². The van der Waals surface area contributed by atoms with Crippen molar-refractivity contribution < 1.29 is 19.4 Å². The summed E-state index contributed by atoms with van der Waals surface area (Å²) in [6, 6.07) is 5.69. The summed E-state index contributed by atoms with van der Waals surface area (Å²) >= 11 is 0. The number of carboxylic acid groups (broad SMARTS) is 1. The second kappa shape index (κ2) is 7.53. The quantitative estimate of drug-likeness (QED) is 0.827. The second-order valence-corrected chi connectivity index (χ2v) is 4.79. The van der Waals surface area contributed by atoms with Crippen LogP contribution in [0.25, 0.3) is 0 Å². The number of likely N-dealkylation sites (N-methyl/N-ethyl adjacent to an activating group) is 1. The van der Waals surface area contributed by atoms with Gasteiger partial charge in [0.05, 0.1) is 13.5 Å². The van der Waals surface area contributed by atoms with Crippen molar-refractivity contribution in [1.82, 2.24) is 4.90 Å². The number of carbonyl (C=O) groups excluding carboxylic acids is 1. The molecule has 0 saturated heterocycles. The Labute approximate surface area is 119 Å². The van der Waals surface area contributed by atoms with E-state index in [4.69, 9.17) is 9.84 Å². The van der Waals surface area contributed by atoms with Gasteiger partial charge >= 0.3 is 5.97 Å². The molecule has 0 aromatic heterocycles. The molecule has 0 radical (unpaired) electrons. The molecule has 0 heterocycles. The van der Waals surface area contributed by atoms with E-state index in [0.29, 0.717) is 19.4 Å². The van der Waals surface area contributed by atoms with E-state index in [2.05, 4.69) is 0 Å². The van der Waals surface area contributed by atoms with E-state index in [0.717, 1.165) is 16.9 Å². The summed E-state index contributed by atoms with van der Waals surface area (Å²) in [7, 11) is 3.29. The summed E-state index contributed by atoms with van der Waals surface area (Å²) in [6.45, 7) is 2.40. The zero-order chi connectivity index (χ0) is 15.1. The third-order valence-electron chi connectivity index (χ3n) is 3.14. The van der Waals surface area contributed by atoms with Gasteiger partial charge in [0.1, 0.15) is 5.75 Å². The number of carbonyl (C=O) groups is 2. The number of aliphatic carboxylic acids is 1. The second-order valence-electron chi connectivity index (χ2n) is 4.79. The lowest BCUT2D eigenvalue weighted by atomic mass is 10.1. The highest BCUT2D eigenvalue weighted by atomic mass is 16.5. The lowest BCUT2D eigenvalue weighted by molar-refractivity contribution is -0.138. The Bertz CT molecular complexity index is 485. The molecule has 0 aliphatic heterocycles. The Hall–Kier alpha value is -2.04. The number of ether oxygens (including phenoxy) is 1. The summed E-state index contributed by atoms with van der Waals surface area (Å²) in [4.78, 5) is 24.0. The molecule has 1 N–H and O–H groups in total. The molecule has 1 aromatic carbocycles. The molecule has 110 valence electrons. The largest absolute Gasteiger partial charge is 0.496 e. The number of aryl methyl sites for hydroxylation is 1. The van der Waals surface area contributed by atoms with Gasteiger partial charge in [-0.05, 0) is 30.5 Å². The molecule has 5 nitrogen and oxygen atoms in total. The third-order valence-corrected chi connectivity index (χ3v) is 3.14. The summed E-state index contributed by atoms with van der Waals surface area (Å²) in [5.74, 6) is -0.0979. The number of methoxy groups -OCH3 is 1. The van der Waals surface area contributed by atoms with E-state index in [1.165, 1.54) is 0 Å². The van der Waals surface area contributed by atoms with Crippen LogP contribution in [-0.2, 0) is 16.0 Å². The van der Waals surface area contributed by atoms with Crippen molar-refractivity contribution >= 4 is 11.9 Å². The fourth-order valence-corrected chi connectivity index (χ4v) is 1.88. The van der Waals surface area contributed by atoms with Crippen molar-refractivity contribution in [3.63, 3.8) is 0 Å². The molecule has 0 fully saturated rings. The van der Waals surface area contributed by atoms with E-state index in [9.17, 15) is 9.59 Å². The van der Waals surface area contributed by atoms with Crippen molar-refractivity contribution in [2.45, 2.75) is 26.2 Å². The first kappa shape index (κ1) is 16.0. The monoisotopic (exact) mass is 279 g/mol. The first-order valence-electron chi connectivity index (χ1n) is 6.53. The number of carboxylic acids is 1. The fourth-order valence-electron chi connectivity index (χ4n) is 1.88. The topological polar surface area (TPSA) is 66.8 Å². The molecule has 1 aromatic rings. The maximum atomic E-state index is 12.0. The molecule has 0 atom stereocenters. The number of hydrogen-bond donors (Lipinski definition) is 1. The Morgan fingerprint density at radius 3 is 2.65 bits per heavy atom. The van der Waals surface area contributed by atoms with Crippen molar-refractivity contribution in [3.05, 3.63) is 29.3 Å². The summed E-state index contributed by atoms with van der Waals surface area (Å²) in [5.41, 5.74) is 1.92. The van der Waals surface area contributed by atoms with Gasteiger partial charge in [-0.1, -0.05) is 12.1 Å². The van der Waals surface area contributed by atoms with Gasteiger partial charge in [-0.3, -0.25) is 9.59 Å². The van der Waals surface area contributed by atoms with Gasteiger partial charge < -0.3 is 14.7 Å². The molecule has 5 heteroatoms. The van der Waals surface area contributed by atoms with Crippen LogP contribution in [0.2, 0.25) is 0 Å². The zero-order valence-electron chi connectivity index (χ0n) is 12.2. The van der Waals surface area contributed by atoms with Crippen LogP contribution >= 0.6 is 0 Å². The van der Waals surface area contributed by atoms with Gasteiger partial charge in [-0.2, -0.15) is 0 Å². The van der Waals surface area contributed by atoms with Crippen LogP contribution in [0.3, 0.4) is 0 Å². The minimum Gasteiger partial charge on any atom is -0.496 e. The van der Waals surface area contributed by atoms with E-state index < -0.39 is 5.97 Å². The number of nitrogens with zero attached hydrogens (tertiary/aromatic N) is 1. The molecule has 1 rings (SSSR count). The Morgan fingerprint density at radius 2 is 2.05 bits per heavy atom. The van der Waals surface area contributed by atoms with E-state index >= 15 is 0 Å². The lowest BCUT2D eigenvalue weighted by Crippen LogP contribution is -2.29. The summed E-state index contributed by atoms with van der Waals surface area (Å²) in [6.07, 6.45) is 0.838. The number of hydrogen-bond acceptors (Lipinski definition) is 3.